The standard InChI is InChI=1S/C15H18BrF3N2/c1-9-7-20-13(10-2-3-10)8-21(9)14-6-11(15(17,18)19)4-5-12(14)16/h4-6,9-10,13,20H,2-3,7-8H2,1H3. The Balaban J connectivity index is 1.89. The highest BCUT2D eigenvalue weighted by Crippen LogP contribution is 2.39. The molecule has 0 radical (unpaired) electrons. The highest BCUT2D eigenvalue weighted by Gasteiger charge is 2.37. The average molecular weight is 363 g/mol. The molecule has 116 valence electrons. The van der Waals surface area contributed by atoms with Gasteiger partial charge in [0.2, 0.25) is 0 Å². The van der Waals surface area contributed by atoms with Crippen LogP contribution >= 0.6 is 15.9 Å². The van der Waals surface area contributed by atoms with Crippen LogP contribution in [0.4, 0.5) is 18.9 Å². The molecule has 2 atom stereocenters. The molecule has 1 N–H and O–H groups in total. The van der Waals surface area contributed by atoms with E-state index in [1.54, 1.807) is 0 Å². The molecule has 1 aliphatic heterocycles. The van der Waals surface area contributed by atoms with Crippen molar-refractivity contribution in [2.75, 3.05) is 18.0 Å². The van der Waals surface area contributed by atoms with E-state index in [0.717, 1.165) is 23.6 Å². The summed E-state index contributed by atoms with van der Waals surface area (Å²) in [6.45, 7) is 3.62. The van der Waals surface area contributed by atoms with E-state index in [2.05, 4.69) is 26.1 Å². The molecule has 2 nitrogen and oxygen atoms in total. The first-order valence-corrected chi connectivity index (χ1v) is 8.02. The van der Waals surface area contributed by atoms with E-state index in [4.69, 9.17) is 0 Å². The van der Waals surface area contributed by atoms with Crippen molar-refractivity contribution in [2.45, 2.75) is 38.0 Å². The van der Waals surface area contributed by atoms with Crippen molar-refractivity contribution in [3.05, 3.63) is 28.2 Å². The third-order valence-corrected chi connectivity index (χ3v) is 5.05. The second-order valence-corrected chi connectivity index (χ2v) is 6.87. The second kappa shape index (κ2) is 5.47. The van der Waals surface area contributed by atoms with Crippen LogP contribution in [0, 0.1) is 5.92 Å². The molecule has 2 unspecified atom stereocenters. The van der Waals surface area contributed by atoms with Crippen molar-refractivity contribution in [3.8, 4) is 0 Å². The Morgan fingerprint density at radius 3 is 2.62 bits per heavy atom. The fraction of sp³-hybridized carbons (Fsp3) is 0.600. The summed E-state index contributed by atoms with van der Waals surface area (Å²) >= 11 is 3.40. The summed E-state index contributed by atoms with van der Waals surface area (Å²) in [5.74, 6) is 0.685. The summed E-state index contributed by atoms with van der Waals surface area (Å²) in [4.78, 5) is 2.10. The third kappa shape index (κ3) is 3.21. The first kappa shape index (κ1) is 15.2. The number of halogens is 4. The lowest BCUT2D eigenvalue weighted by Gasteiger charge is -2.41. The Kier molecular flexibility index (Phi) is 3.94. The number of piperazine rings is 1. The molecule has 21 heavy (non-hydrogen) atoms. The first-order valence-electron chi connectivity index (χ1n) is 7.23. The number of anilines is 1. The molecule has 0 bridgehead atoms. The maximum absolute atomic E-state index is 12.9. The smallest absolute Gasteiger partial charge is 0.365 e. The summed E-state index contributed by atoms with van der Waals surface area (Å²) in [7, 11) is 0. The summed E-state index contributed by atoms with van der Waals surface area (Å²) in [5.41, 5.74) is 0.0545. The fourth-order valence-corrected chi connectivity index (χ4v) is 3.42. The van der Waals surface area contributed by atoms with E-state index in [1.807, 2.05) is 6.92 Å². The van der Waals surface area contributed by atoms with Gasteiger partial charge in [0, 0.05) is 29.6 Å². The van der Waals surface area contributed by atoms with Crippen molar-refractivity contribution >= 4 is 21.6 Å². The average Bonchev–Trinajstić information content (AvgIpc) is 3.23. The molecule has 1 heterocycles. The van der Waals surface area contributed by atoms with Crippen LogP contribution in [0.5, 0.6) is 0 Å². The van der Waals surface area contributed by atoms with Crippen LogP contribution in [0.15, 0.2) is 22.7 Å². The van der Waals surface area contributed by atoms with Crippen LogP contribution in [0.1, 0.15) is 25.3 Å². The van der Waals surface area contributed by atoms with Crippen LogP contribution in [-0.4, -0.2) is 25.2 Å². The summed E-state index contributed by atoms with van der Waals surface area (Å²) < 4.78 is 39.5. The number of nitrogens with zero attached hydrogens (tertiary/aromatic N) is 1. The number of rotatable bonds is 2. The van der Waals surface area contributed by atoms with E-state index in [9.17, 15) is 13.2 Å². The predicted octanol–water partition coefficient (Wildman–Crippen LogP) is 4.04. The van der Waals surface area contributed by atoms with Gasteiger partial charge < -0.3 is 10.2 Å². The summed E-state index contributed by atoms with van der Waals surface area (Å²) in [6.07, 6.45) is -1.85. The van der Waals surface area contributed by atoms with Gasteiger partial charge in [0.05, 0.1) is 11.3 Å². The minimum Gasteiger partial charge on any atom is -0.365 e. The maximum Gasteiger partial charge on any atom is 0.416 e. The molecule has 0 spiro atoms. The first-order chi connectivity index (χ1) is 9.86. The number of nitrogens with one attached hydrogen (secondary N) is 1. The van der Waals surface area contributed by atoms with E-state index in [0.29, 0.717) is 17.6 Å². The Hall–Kier alpha value is -0.750. The quantitative estimate of drug-likeness (QED) is 0.853. The Bertz CT molecular complexity index is 528. The lowest BCUT2D eigenvalue weighted by Crippen LogP contribution is -2.56. The van der Waals surface area contributed by atoms with Gasteiger partial charge >= 0.3 is 6.18 Å². The molecule has 0 amide bonds. The molecular formula is C15H18BrF3N2. The fourth-order valence-electron chi connectivity index (χ4n) is 2.95. The zero-order valence-corrected chi connectivity index (χ0v) is 13.3. The Morgan fingerprint density at radius 1 is 1.29 bits per heavy atom. The van der Waals surface area contributed by atoms with Gasteiger partial charge in [-0.3, -0.25) is 0 Å². The minimum absolute atomic E-state index is 0.180. The number of alkyl halides is 3. The van der Waals surface area contributed by atoms with E-state index >= 15 is 0 Å². The molecule has 1 aliphatic carbocycles. The Labute approximate surface area is 130 Å². The van der Waals surface area contributed by atoms with Crippen molar-refractivity contribution in [1.82, 2.24) is 5.32 Å². The van der Waals surface area contributed by atoms with Gasteiger partial charge in [-0.25, -0.2) is 0 Å². The van der Waals surface area contributed by atoms with Crippen LogP contribution in [0.3, 0.4) is 0 Å². The highest BCUT2D eigenvalue weighted by molar-refractivity contribution is 9.10. The number of hydrogen-bond donors (Lipinski definition) is 1. The zero-order chi connectivity index (χ0) is 15.2. The van der Waals surface area contributed by atoms with Gasteiger partial charge in [0.1, 0.15) is 0 Å². The summed E-state index contributed by atoms with van der Waals surface area (Å²) in [6, 6.07) is 4.45. The lowest BCUT2D eigenvalue weighted by molar-refractivity contribution is -0.137. The molecule has 1 aromatic rings. The van der Waals surface area contributed by atoms with Gasteiger partial charge in [-0.15, -0.1) is 0 Å². The normalized spacial score (nSPS) is 27.0. The van der Waals surface area contributed by atoms with Crippen molar-refractivity contribution in [1.29, 1.82) is 0 Å². The molecule has 0 aromatic heterocycles. The van der Waals surface area contributed by atoms with Crippen molar-refractivity contribution in [3.63, 3.8) is 0 Å². The van der Waals surface area contributed by atoms with Crippen LogP contribution in [-0.2, 0) is 6.18 Å². The van der Waals surface area contributed by atoms with Crippen LogP contribution < -0.4 is 10.2 Å². The SMILES string of the molecule is CC1CNC(C2CC2)CN1c1cc(C(F)(F)F)ccc1Br. The topological polar surface area (TPSA) is 15.3 Å². The predicted molar refractivity (Wildman–Crippen MR) is 80.5 cm³/mol. The van der Waals surface area contributed by atoms with Gasteiger partial charge in [-0.2, -0.15) is 13.2 Å². The summed E-state index contributed by atoms with van der Waals surface area (Å²) in [5, 5.41) is 3.52. The van der Waals surface area contributed by atoms with E-state index in [-0.39, 0.29) is 6.04 Å². The largest absolute Gasteiger partial charge is 0.416 e. The van der Waals surface area contributed by atoms with E-state index in [1.165, 1.54) is 25.0 Å². The van der Waals surface area contributed by atoms with Crippen LogP contribution in [0.2, 0.25) is 0 Å². The van der Waals surface area contributed by atoms with E-state index < -0.39 is 11.7 Å². The molecule has 2 aliphatic rings. The molecule has 1 aromatic carbocycles. The molecule has 6 heteroatoms. The highest BCUT2D eigenvalue weighted by atomic mass is 79.9. The lowest BCUT2D eigenvalue weighted by atomic mass is 10.0. The second-order valence-electron chi connectivity index (χ2n) is 6.02. The van der Waals surface area contributed by atoms with Crippen LogP contribution in [0.25, 0.3) is 0 Å². The third-order valence-electron chi connectivity index (χ3n) is 4.37. The van der Waals surface area contributed by atoms with Gasteiger partial charge in [0.15, 0.2) is 0 Å². The number of hydrogen-bond acceptors (Lipinski definition) is 2. The van der Waals surface area contributed by atoms with Gasteiger partial charge in [-0.1, -0.05) is 0 Å². The van der Waals surface area contributed by atoms with Gasteiger partial charge in [-0.05, 0) is 59.8 Å². The monoisotopic (exact) mass is 362 g/mol. The molecule has 3 rings (SSSR count). The van der Waals surface area contributed by atoms with Crippen molar-refractivity contribution in [2.24, 2.45) is 5.92 Å². The van der Waals surface area contributed by atoms with Crippen molar-refractivity contribution < 1.29 is 13.2 Å². The Morgan fingerprint density at radius 2 is 2.00 bits per heavy atom. The molecule has 1 saturated carbocycles. The zero-order valence-electron chi connectivity index (χ0n) is 11.8. The minimum atomic E-state index is -4.30. The molecular weight excluding hydrogens is 345 g/mol. The molecule has 2 fully saturated rings. The molecule has 1 saturated heterocycles. The van der Waals surface area contributed by atoms with Gasteiger partial charge in [0.25, 0.3) is 0 Å². The number of benzene rings is 1. The maximum atomic E-state index is 12.9.